The number of rotatable bonds is 2. The second-order valence-corrected chi connectivity index (χ2v) is 9.21. The van der Waals surface area contributed by atoms with Crippen LogP contribution in [0.15, 0.2) is 103 Å². The van der Waals surface area contributed by atoms with Crippen molar-refractivity contribution in [2.75, 3.05) is 0 Å². The molecule has 0 unspecified atom stereocenters. The molecule has 0 atom stereocenters. The van der Waals surface area contributed by atoms with Gasteiger partial charge in [-0.2, -0.15) is 10.5 Å². The van der Waals surface area contributed by atoms with E-state index in [0.717, 1.165) is 55.0 Å². The van der Waals surface area contributed by atoms with Crippen LogP contribution in [0.3, 0.4) is 0 Å². The van der Waals surface area contributed by atoms with E-state index >= 15 is 0 Å². The summed E-state index contributed by atoms with van der Waals surface area (Å²) < 4.78 is 4.41. The Morgan fingerprint density at radius 2 is 1.08 bits per heavy atom. The first-order valence-corrected chi connectivity index (χ1v) is 12.1. The highest BCUT2D eigenvalue weighted by molar-refractivity contribution is 6.13. The van der Waals surface area contributed by atoms with Crippen LogP contribution in [0.4, 0.5) is 5.69 Å². The molecule has 0 amide bonds. The molecule has 0 spiro atoms. The normalized spacial score (nSPS) is 11.1. The molecule has 174 valence electrons. The molecular formula is C33H17N5. The summed E-state index contributed by atoms with van der Waals surface area (Å²) in [4.78, 5) is 3.68. The Morgan fingerprint density at radius 3 is 1.82 bits per heavy atom. The first-order chi connectivity index (χ1) is 18.7. The third-order valence-electron chi connectivity index (χ3n) is 7.18. The summed E-state index contributed by atoms with van der Waals surface area (Å²) in [6, 6.07) is 38.2. The van der Waals surface area contributed by atoms with Crippen molar-refractivity contribution in [2.45, 2.75) is 0 Å². The highest BCUT2D eigenvalue weighted by atomic mass is 15.0. The van der Waals surface area contributed by atoms with Crippen LogP contribution in [0.25, 0.3) is 59.8 Å². The standard InChI is InChI=1S/C33H17N5/c1-36-23-9-14-32-28(17-23)29-18-25(12-15-33(29)37(32)24-10-6-21(19-34)7-11-24)38-30-5-3-2-4-26(30)27-16-22(20-35)8-13-31(27)38/h2-18H. The van der Waals surface area contributed by atoms with Crippen LogP contribution in [0.2, 0.25) is 0 Å². The smallest absolute Gasteiger partial charge is 0.188 e. The Balaban J connectivity index is 1.56. The van der Waals surface area contributed by atoms with E-state index in [1.54, 1.807) is 0 Å². The van der Waals surface area contributed by atoms with Gasteiger partial charge < -0.3 is 9.13 Å². The van der Waals surface area contributed by atoms with Gasteiger partial charge in [0, 0.05) is 27.5 Å². The van der Waals surface area contributed by atoms with E-state index in [-0.39, 0.29) is 0 Å². The van der Waals surface area contributed by atoms with E-state index in [9.17, 15) is 10.5 Å². The van der Waals surface area contributed by atoms with Gasteiger partial charge in [0.05, 0.1) is 51.9 Å². The number of nitriles is 2. The number of nitrogens with zero attached hydrogens (tertiary/aromatic N) is 5. The molecule has 7 rings (SSSR count). The maximum absolute atomic E-state index is 9.48. The molecule has 2 aromatic heterocycles. The predicted octanol–water partition coefficient (Wildman–Crippen LogP) is 8.17. The van der Waals surface area contributed by atoms with Crippen LogP contribution in [-0.2, 0) is 0 Å². The van der Waals surface area contributed by atoms with Crippen LogP contribution in [0.5, 0.6) is 0 Å². The van der Waals surface area contributed by atoms with E-state index in [2.05, 4.69) is 56.4 Å². The van der Waals surface area contributed by atoms with E-state index in [4.69, 9.17) is 6.57 Å². The fourth-order valence-electron chi connectivity index (χ4n) is 5.49. The van der Waals surface area contributed by atoms with E-state index in [0.29, 0.717) is 16.8 Å². The van der Waals surface area contributed by atoms with Gasteiger partial charge in [0.2, 0.25) is 0 Å². The predicted molar refractivity (Wildman–Crippen MR) is 151 cm³/mol. The molecule has 5 heteroatoms. The van der Waals surface area contributed by atoms with Gasteiger partial charge in [0.25, 0.3) is 0 Å². The number of benzene rings is 5. The van der Waals surface area contributed by atoms with Crippen molar-refractivity contribution >= 4 is 49.3 Å². The van der Waals surface area contributed by atoms with E-state index in [1.165, 1.54) is 0 Å². The zero-order valence-corrected chi connectivity index (χ0v) is 20.1. The van der Waals surface area contributed by atoms with Gasteiger partial charge in [-0.3, -0.25) is 0 Å². The SMILES string of the molecule is [C-]#[N+]c1ccc2c(c1)c1cc(-n3c4ccccc4c4cc(C#N)ccc43)ccc1n2-c1ccc(C#N)cc1. The first-order valence-electron chi connectivity index (χ1n) is 12.1. The molecule has 0 aliphatic heterocycles. The molecule has 0 saturated carbocycles. The highest BCUT2D eigenvalue weighted by Gasteiger charge is 2.17. The van der Waals surface area contributed by atoms with Gasteiger partial charge in [0.1, 0.15) is 0 Å². The zero-order chi connectivity index (χ0) is 25.8. The Kier molecular flexibility index (Phi) is 4.57. The fraction of sp³-hybridized carbons (Fsp3) is 0. The third kappa shape index (κ3) is 3.02. The molecule has 0 radical (unpaired) electrons. The van der Waals surface area contributed by atoms with Gasteiger partial charge in [-0.1, -0.05) is 24.3 Å². The van der Waals surface area contributed by atoms with Crippen LogP contribution >= 0.6 is 0 Å². The maximum atomic E-state index is 9.48. The van der Waals surface area contributed by atoms with E-state index in [1.807, 2.05) is 72.8 Å². The summed E-state index contributed by atoms with van der Waals surface area (Å²) in [5.74, 6) is 0. The Labute approximate surface area is 218 Å². The summed E-state index contributed by atoms with van der Waals surface area (Å²) >= 11 is 0. The molecule has 0 aliphatic carbocycles. The molecular weight excluding hydrogens is 466 g/mol. The Morgan fingerprint density at radius 1 is 0.526 bits per heavy atom. The number of aromatic nitrogens is 2. The quantitative estimate of drug-likeness (QED) is 0.233. The summed E-state index contributed by atoms with van der Waals surface area (Å²) in [5, 5.41) is 22.9. The molecule has 5 aromatic carbocycles. The average molecular weight is 484 g/mol. The zero-order valence-electron chi connectivity index (χ0n) is 20.1. The molecule has 0 aliphatic rings. The minimum Gasteiger partial charge on any atom is -0.309 e. The highest BCUT2D eigenvalue weighted by Crippen LogP contribution is 2.38. The molecule has 0 fully saturated rings. The summed E-state index contributed by atoms with van der Waals surface area (Å²) in [7, 11) is 0. The van der Waals surface area contributed by atoms with Crippen molar-refractivity contribution < 1.29 is 0 Å². The number of fused-ring (bicyclic) bond motifs is 6. The lowest BCUT2D eigenvalue weighted by Crippen LogP contribution is -1.96. The lowest BCUT2D eigenvalue weighted by molar-refractivity contribution is 1.16. The summed E-state index contributed by atoms with van der Waals surface area (Å²) in [6.45, 7) is 7.57. The second-order valence-electron chi connectivity index (χ2n) is 9.21. The van der Waals surface area contributed by atoms with Gasteiger partial charge in [-0.05, 0) is 84.2 Å². The van der Waals surface area contributed by atoms with Crippen molar-refractivity contribution in [3.8, 4) is 23.5 Å². The Hall–Kier alpha value is -5.83. The summed E-state index contributed by atoms with van der Waals surface area (Å²) in [6.07, 6.45) is 0. The van der Waals surface area contributed by atoms with Gasteiger partial charge in [-0.25, -0.2) is 4.85 Å². The van der Waals surface area contributed by atoms with Crippen molar-refractivity contribution in [1.29, 1.82) is 10.5 Å². The molecule has 7 aromatic rings. The topological polar surface area (TPSA) is 61.8 Å². The van der Waals surface area contributed by atoms with Crippen molar-refractivity contribution in [2.24, 2.45) is 0 Å². The number of hydrogen-bond donors (Lipinski definition) is 0. The molecule has 0 saturated heterocycles. The molecule has 5 nitrogen and oxygen atoms in total. The number of para-hydroxylation sites is 1. The number of hydrogen-bond acceptors (Lipinski definition) is 2. The van der Waals surface area contributed by atoms with Crippen LogP contribution in [-0.4, -0.2) is 9.13 Å². The van der Waals surface area contributed by atoms with Gasteiger partial charge in [0.15, 0.2) is 5.69 Å². The summed E-state index contributed by atoms with van der Waals surface area (Å²) in [5.41, 5.74) is 7.89. The van der Waals surface area contributed by atoms with Crippen LogP contribution in [0.1, 0.15) is 11.1 Å². The molecule has 0 N–H and O–H groups in total. The molecule has 38 heavy (non-hydrogen) atoms. The van der Waals surface area contributed by atoms with Gasteiger partial charge in [-0.15, -0.1) is 0 Å². The second kappa shape index (κ2) is 8.10. The third-order valence-corrected chi connectivity index (χ3v) is 7.18. The Bertz CT molecular complexity index is 2210. The average Bonchev–Trinajstić information content (AvgIpc) is 3.48. The van der Waals surface area contributed by atoms with Crippen molar-refractivity contribution in [3.05, 3.63) is 126 Å². The minimum absolute atomic E-state index is 0.586. The lowest BCUT2D eigenvalue weighted by atomic mass is 10.1. The molecule has 0 bridgehead atoms. The minimum atomic E-state index is 0.586. The maximum Gasteiger partial charge on any atom is 0.188 e. The largest absolute Gasteiger partial charge is 0.309 e. The monoisotopic (exact) mass is 483 g/mol. The van der Waals surface area contributed by atoms with E-state index < -0.39 is 0 Å². The molecule has 2 heterocycles. The lowest BCUT2D eigenvalue weighted by Gasteiger charge is -2.10. The first kappa shape index (κ1) is 21.5. The van der Waals surface area contributed by atoms with Crippen LogP contribution in [0, 0.1) is 29.2 Å². The van der Waals surface area contributed by atoms with Crippen molar-refractivity contribution in [3.63, 3.8) is 0 Å². The van der Waals surface area contributed by atoms with Crippen LogP contribution < -0.4 is 0 Å². The van der Waals surface area contributed by atoms with Gasteiger partial charge >= 0.3 is 0 Å². The van der Waals surface area contributed by atoms with Crippen molar-refractivity contribution in [1.82, 2.24) is 9.13 Å². The fourth-order valence-corrected chi connectivity index (χ4v) is 5.49.